The van der Waals surface area contributed by atoms with E-state index >= 15 is 0 Å². The number of likely N-dealkylation sites (tertiary alicyclic amines) is 1. The number of ether oxygens (including phenoxy) is 1. The predicted octanol–water partition coefficient (Wildman–Crippen LogP) is 2.37. The lowest BCUT2D eigenvalue weighted by molar-refractivity contribution is -0.122. The van der Waals surface area contributed by atoms with Crippen LogP contribution < -0.4 is 0 Å². The minimum Gasteiger partial charge on any atom is -0.444 e. The van der Waals surface area contributed by atoms with Gasteiger partial charge in [0.1, 0.15) is 11.4 Å². The van der Waals surface area contributed by atoms with Crippen molar-refractivity contribution in [3.05, 3.63) is 0 Å². The van der Waals surface area contributed by atoms with Crippen molar-refractivity contribution in [3.8, 4) is 0 Å². The Morgan fingerprint density at radius 1 is 1.35 bits per heavy atom. The molecule has 4 nitrogen and oxygen atoms in total. The lowest BCUT2D eigenvalue weighted by Gasteiger charge is -2.32. The molecule has 0 aromatic heterocycles. The first-order valence-corrected chi connectivity index (χ1v) is 6.38. The monoisotopic (exact) mass is 239 g/mol. The molecular weight excluding hydrogens is 218 g/mol. The Kier molecular flexibility index (Phi) is 3.15. The van der Waals surface area contributed by atoms with Crippen LogP contribution in [-0.4, -0.2) is 35.0 Å². The van der Waals surface area contributed by atoms with Crippen LogP contribution in [0.2, 0.25) is 0 Å². The maximum absolute atomic E-state index is 12.0. The van der Waals surface area contributed by atoms with Gasteiger partial charge in [0.15, 0.2) is 0 Å². The second kappa shape index (κ2) is 4.31. The van der Waals surface area contributed by atoms with Crippen LogP contribution in [0.1, 0.15) is 46.5 Å². The van der Waals surface area contributed by atoms with Gasteiger partial charge in [-0.05, 0) is 39.5 Å². The quantitative estimate of drug-likeness (QED) is 0.652. The van der Waals surface area contributed by atoms with Crippen LogP contribution in [0.25, 0.3) is 0 Å². The Morgan fingerprint density at radius 2 is 2.06 bits per heavy atom. The molecule has 0 radical (unpaired) electrons. The molecule has 1 amide bonds. The van der Waals surface area contributed by atoms with E-state index in [1.165, 1.54) is 0 Å². The molecule has 2 rings (SSSR count). The molecule has 1 heterocycles. The molecule has 0 spiro atoms. The van der Waals surface area contributed by atoms with Crippen LogP contribution in [0.3, 0.4) is 0 Å². The maximum Gasteiger partial charge on any atom is 0.410 e. The molecule has 4 heteroatoms. The number of ketones is 1. The highest BCUT2D eigenvalue weighted by atomic mass is 16.6. The van der Waals surface area contributed by atoms with Gasteiger partial charge in [-0.25, -0.2) is 4.79 Å². The van der Waals surface area contributed by atoms with Crippen LogP contribution in [0.5, 0.6) is 0 Å². The van der Waals surface area contributed by atoms with Crippen molar-refractivity contribution in [1.82, 2.24) is 4.90 Å². The summed E-state index contributed by atoms with van der Waals surface area (Å²) in [5.41, 5.74) is -0.464. The highest BCUT2D eigenvalue weighted by molar-refractivity contribution is 5.81. The van der Waals surface area contributed by atoms with E-state index < -0.39 is 5.60 Å². The molecule has 2 atom stereocenters. The molecule has 1 saturated heterocycles. The van der Waals surface area contributed by atoms with Crippen molar-refractivity contribution in [2.45, 2.75) is 58.1 Å². The van der Waals surface area contributed by atoms with Crippen molar-refractivity contribution in [3.63, 3.8) is 0 Å². The van der Waals surface area contributed by atoms with E-state index in [1.54, 1.807) is 4.90 Å². The van der Waals surface area contributed by atoms with Crippen LogP contribution in [0.4, 0.5) is 4.79 Å². The fourth-order valence-corrected chi connectivity index (χ4v) is 2.76. The molecule has 0 aromatic rings. The Bertz CT molecular complexity index is 332. The van der Waals surface area contributed by atoms with Gasteiger partial charge >= 0.3 is 6.09 Å². The zero-order chi connectivity index (χ0) is 12.6. The SMILES string of the molecule is CC(C)(C)OC(=O)N1CC[C@@H]2CCC(=O)C[C@@H]21. The van der Waals surface area contributed by atoms with Crippen LogP contribution in [0.15, 0.2) is 0 Å². The summed E-state index contributed by atoms with van der Waals surface area (Å²) in [5, 5.41) is 0. The number of hydrogen-bond acceptors (Lipinski definition) is 3. The van der Waals surface area contributed by atoms with Crippen molar-refractivity contribution in [2.75, 3.05) is 6.54 Å². The zero-order valence-electron chi connectivity index (χ0n) is 10.9. The molecule has 2 fully saturated rings. The van der Waals surface area contributed by atoms with Crippen molar-refractivity contribution < 1.29 is 14.3 Å². The summed E-state index contributed by atoms with van der Waals surface area (Å²) in [6.45, 7) is 6.33. The first-order valence-electron chi connectivity index (χ1n) is 6.38. The number of amides is 1. The Hall–Kier alpha value is -1.06. The second-order valence-corrected chi connectivity index (χ2v) is 6.07. The maximum atomic E-state index is 12.0. The van der Waals surface area contributed by atoms with E-state index in [4.69, 9.17) is 4.74 Å². The molecule has 0 bridgehead atoms. The number of Topliss-reactive ketones (excluding diaryl/α,β-unsaturated/α-hetero) is 1. The van der Waals surface area contributed by atoms with Crippen LogP contribution in [0, 0.1) is 5.92 Å². The van der Waals surface area contributed by atoms with Gasteiger partial charge in [-0.1, -0.05) is 0 Å². The Labute approximate surface area is 102 Å². The van der Waals surface area contributed by atoms with Gasteiger partial charge in [-0.3, -0.25) is 4.79 Å². The standard InChI is InChI=1S/C13H21NO3/c1-13(2,3)17-12(16)14-7-6-9-4-5-10(15)8-11(9)14/h9,11H,4-8H2,1-3H3/t9-,11-/m0/s1. The van der Waals surface area contributed by atoms with Gasteiger partial charge in [-0.15, -0.1) is 0 Å². The predicted molar refractivity (Wildman–Crippen MR) is 63.7 cm³/mol. The van der Waals surface area contributed by atoms with Gasteiger partial charge < -0.3 is 9.64 Å². The smallest absolute Gasteiger partial charge is 0.410 e. The molecule has 1 aliphatic carbocycles. The molecule has 17 heavy (non-hydrogen) atoms. The topological polar surface area (TPSA) is 46.6 Å². The minimum absolute atomic E-state index is 0.0890. The fourth-order valence-electron chi connectivity index (χ4n) is 2.76. The number of carbonyl (C=O) groups excluding carboxylic acids is 2. The summed E-state index contributed by atoms with van der Waals surface area (Å²) in [6.07, 6.45) is 2.88. The van der Waals surface area contributed by atoms with Gasteiger partial charge in [0.25, 0.3) is 0 Å². The third-order valence-electron chi connectivity index (χ3n) is 3.54. The van der Waals surface area contributed by atoms with E-state index in [2.05, 4.69) is 0 Å². The summed E-state index contributed by atoms with van der Waals surface area (Å²) in [4.78, 5) is 25.3. The Balaban J connectivity index is 2.02. The summed E-state index contributed by atoms with van der Waals surface area (Å²) in [7, 11) is 0. The second-order valence-electron chi connectivity index (χ2n) is 6.07. The first-order chi connectivity index (χ1) is 7.87. The lowest BCUT2D eigenvalue weighted by Crippen LogP contribution is -2.43. The average Bonchev–Trinajstić information content (AvgIpc) is 2.57. The molecule has 1 aliphatic heterocycles. The molecular formula is C13H21NO3. The number of rotatable bonds is 0. The average molecular weight is 239 g/mol. The van der Waals surface area contributed by atoms with Crippen molar-refractivity contribution >= 4 is 11.9 Å². The largest absolute Gasteiger partial charge is 0.444 e. The number of carbonyl (C=O) groups is 2. The summed E-state index contributed by atoms with van der Waals surface area (Å²) in [6, 6.07) is 0.0890. The van der Waals surface area contributed by atoms with Crippen LogP contribution in [-0.2, 0) is 9.53 Å². The van der Waals surface area contributed by atoms with Crippen molar-refractivity contribution in [2.24, 2.45) is 5.92 Å². The van der Waals surface area contributed by atoms with Gasteiger partial charge in [0, 0.05) is 25.4 Å². The third kappa shape index (κ3) is 2.79. The van der Waals surface area contributed by atoms with Gasteiger partial charge in [0.05, 0.1) is 0 Å². The van der Waals surface area contributed by atoms with Crippen molar-refractivity contribution in [1.29, 1.82) is 0 Å². The van der Waals surface area contributed by atoms with Gasteiger partial charge in [0.2, 0.25) is 0 Å². The summed E-state index contributed by atoms with van der Waals surface area (Å²) >= 11 is 0. The lowest BCUT2D eigenvalue weighted by atomic mass is 9.84. The molecule has 0 aromatic carbocycles. The third-order valence-corrected chi connectivity index (χ3v) is 3.54. The highest BCUT2D eigenvalue weighted by Gasteiger charge is 2.42. The highest BCUT2D eigenvalue weighted by Crippen LogP contribution is 2.35. The van der Waals surface area contributed by atoms with E-state index in [0.29, 0.717) is 18.8 Å². The summed E-state index contributed by atoms with van der Waals surface area (Å²) < 4.78 is 5.38. The minimum atomic E-state index is -0.464. The molecule has 96 valence electrons. The first kappa shape index (κ1) is 12.4. The normalized spacial score (nSPS) is 29.1. The number of hydrogen-bond donors (Lipinski definition) is 0. The summed E-state index contributed by atoms with van der Waals surface area (Å²) in [5.74, 6) is 0.780. The van der Waals surface area contributed by atoms with Crippen LogP contribution >= 0.6 is 0 Å². The molecule has 0 unspecified atom stereocenters. The number of nitrogens with zero attached hydrogens (tertiary/aromatic N) is 1. The van der Waals surface area contributed by atoms with E-state index in [9.17, 15) is 9.59 Å². The van der Waals surface area contributed by atoms with Gasteiger partial charge in [-0.2, -0.15) is 0 Å². The van der Waals surface area contributed by atoms with E-state index in [0.717, 1.165) is 19.4 Å². The van der Waals surface area contributed by atoms with E-state index in [1.807, 2.05) is 20.8 Å². The fraction of sp³-hybridized carbons (Fsp3) is 0.846. The van der Waals surface area contributed by atoms with E-state index in [-0.39, 0.29) is 17.9 Å². The molecule has 2 aliphatic rings. The zero-order valence-corrected chi connectivity index (χ0v) is 10.9. The molecule has 1 saturated carbocycles. The molecule has 0 N–H and O–H groups in total. The Morgan fingerprint density at radius 3 is 2.71 bits per heavy atom. The number of fused-ring (bicyclic) bond motifs is 1.